The maximum absolute atomic E-state index is 13.1. The molecule has 1 aromatic heterocycles. The van der Waals surface area contributed by atoms with E-state index in [0.29, 0.717) is 45.0 Å². The fourth-order valence-corrected chi connectivity index (χ4v) is 6.61. The summed E-state index contributed by atoms with van der Waals surface area (Å²) in [5.74, 6) is 0.771. The number of ether oxygens (including phenoxy) is 2. The summed E-state index contributed by atoms with van der Waals surface area (Å²) in [6, 6.07) is 13.5. The summed E-state index contributed by atoms with van der Waals surface area (Å²) < 4.78 is 41.8. The van der Waals surface area contributed by atoms with Gasteiger partial charge in [0, 0.05) is 43.1 Å². The molecule has 4 rings (SSSR count). The summed E-state index contributed by atoms with van der Waals surface area (Å²) in [4.78, 5) is 5.11. The van der Waals surface area contributed by atoms with Crippen LogP contribution in [-0.4, -0.2) is 61.8 Å². The average Bonchev–Trinajstić information content (AvgIpc) is 3.18. The minimum atomic E-state index is -3.57. The monoisotopic (exact) mass is 553 g/mol. The number of fused-ring (bicyclic) bond motifs is 1. The Hall–Kier alpha value is -1.43. The molecule has 0 saturated carbocycles. The van der Waals surface area contributed by atoms with E-state index in [9.17, 15) is 8.42 Å². The first-order valence-corrected chi connectivity index (χ1v) is 14.2. The number of imidazole rings is 1. The highest BCUT2D eigenvalue weighted by Crippen LogP contribution is 2.30. The van der Waals surface area contributed by atoms with Gasteiger partial charge in [-0.25, -0.2) is 13.4 Å². The highest BCUT2D eigenvalue weighted by Gasteiger charge is 2.27. The van der Waals surface area contributed by atoms with Gasteiger partial charge in [0.1, 0.15) is 0 Å². The Balaban J connectivity index is 1.63. The van der Waals surface area contributed by atoms with Crippen molar-refractivity contribution in [3.63, 3.8) is 0 Å². The van der Waals surface area contributed by atoms with Crippen molar-refractivity contribution < 1.29 is 17.9 Å². The molecule has 1 saturated heterocycles. The molecule has 0 N–H and O–H groups in total. The largest absolute Gasteiger partial charge is 0.382 e. The smallest absolute Gasteiger partial charge is 0.243 e. The molecule has 7 nitrogen and oxygen atoms in total. The maximum Gasteiger partial charge on any atom is 0.243 e. The van der Waals surface area contributed by atoms with Crippen LogP contribution >= 0.6 is 27.7 Å². The minimum Gasteiger partial charge on any atom is -0.382 e. The van der Waals surface area contributed by atoms with Gasteiger partial charge < -0.3 is 14.0 Å². The minimum absolute atomic E-state index is 0.277. The van der Waals surface area contributed by atoms with E-state index in [0.717, 1.165) is 33.9 Å². The molecule has 1 aliphatic heterocycles. The average molecular weight is 555 g/mol. The number of halogens is 1. The number of thioether (sulfide) groups is 1. The first-order chi connectivity index (χ1) is 16.0. The second kappa shape index (κ2) is 11.3. The Bertz CT molecular complexity index is 1190. The van der Waals surface area contributed by atoms with Crippen LogP contribution in [-0.2, 0) is 31.8 Å². The zero-order chi connectivity index (χ0) is 23.3. The van der Waals surface area contributed by atoms with Crippen molar-refractivity contribution in [1.29, 1.82) is 0 Å². The molecule has 0 aliphatic carbocycles. The van der Waals surface area contributed by atoms with Crippen LogP contribution in [0.25, 0.3) is 11.0 Å². The van der Waals surface area contributed by atoms with E-state index in [1.54, 1.807) is 23.9 Å². The van der Waals surface area contributed by atoms with Gasteiger partial charge in [-0.15, -0.1) is 0 Å². The number of hydrogen-bond donors (Lipinski definition) is 0. The van der Waals surface area contributed by atoms with Crippen LogP contribution in [0.4, 0.5) is 0 Å². The van der Waals surface area contributed by atoms with E-state index in [1.165, 1.54) is 9.87 Å². The Morgan fingerprint density at radius 1 is 1.18 bits per heavy atom. The van der Waals surface area contributed by atoms with Crippen LogP contribution in [0.1, 0.15) is 18.9 Å². The number of aromatic nitrogens is 2. The molecule has 33 heavy (non-hydrogen) atoms. The van der Waals surface area contributed by atoms with Crippen molar-refractivity contribution in [2.45, 2.75) is 35.7 Å². The lowest BCUT2D eigenvalue weighted by Crippen LogP contribution is -2.40. The van der Waals surface area contributed by atoms with Gasteiger partial charge >= 0.3 is 0 Å². The maximum atomic E-state index is 13.1. The molecule has 0 atom stereocenters. The summed E-state index contributed by atoms with van der Waals surface area (Å²) in [7, 11) is -3.57. The third-order valence-electron chi connectivity index (χ3n) is 5.42. The lowest BCUT2D eigenvalue weighted by atomic mass is 10.2. The summed E-state index contributed by atoms with van der Waals surface area (Å²) >= 11 is 5.18. The topological polar surface area (TPSA) is 73.7 Å². The lowest BCUT2D eigenvalue weighted by molar-refractivity contribution is 0.0730. The number of hydrogen-bond acceptors (Lipinski definition) is 6. The van der Waals surface area contributed by atoms with Crippen molar-refractivity contribution in [3.05, 3.63) is 52.5 Å². The summed E-state index contributed by atoms with van der Waals surface area (Å²) in [5.41, 5.74) is 2.82. The SMILES string of the molecule is CCOCCCn1c(SCc2cccc(Br)c2)nc2cc(S(=O)(=O)N3CCOCC3)ccc21. The summed E-state index contributed by atoms with van der Waals surface area (Å²) in [5, 5.41) is 0.877. The molecule has 0 radical (unpaired) electrons. The van der Waals surface area contributed by atoms with Crippen molar-refractivity contribution in [2.24, 2.45) is 0 Å². The van der Waals surface area contributed by atoms with E-state index < -0.39 is 10.0 Å². The molecule has 2 heterocycles. The van der Waals surface area contributed by atoms with E-state index in [1.807, 2.05) is 25.1 Å². The molecule has 178 valence electrons. The first-order valence-electron chi connectivity index (χ1n) is 11.0. The molecule has 1 aliphatic rings. The predicted octanol–water partition coefficient (Wildman–Crippen LogP) is 4.54. The Morgan fingerprint density at radius 2 is 2.00 bits per heavy atom. The van der Waals surface area contributed by atoms with Crippen molar-refractivity contribution >= 4 is 48.7 Å². The molecule has 2 aromatic carbocycles. The van der Waals surface area contributed by atoms with Gasteiger partial charge in [0.15, 0.2) is 5.16 Å². The van der Waals surface area contributed by atoms with Gasteiger partial charge in [0.25, 0.3) is 0 Å². The zero-order valence-corrected chi connectivity index (χ0v) is 21.8. The van der Waals surface area contributed by atoms with E-state index in [4.69, 9.17) is 14.5 Å². The quantitative estimate of drug-likeness (QED) is 0.271. The number of nitrogens with zero attached hydrogens (tertiary/aromatic N) is 3. The first kappa shape index (κ1) is 24.7. The van der Waals surface area contributed by atoms with Gasteiger partial charge in [-0.05, 0) is 49.2 Å². The molecule has 0 bridgehead atoms. The summed E-state index contributed by atoms with van der Waals surface area (Å²) in [6.07, 6.45) is 0.859. The standard InChI is InChI=1S/C23H28BrN3O4S2/c1-2-30-12-4-9-27-22-8-7-20(33(28,29)26-10-13-31-14-11-26)16-21(22)25-23(27)32-17-18-5-3-6-19(24)15-18/h3,5-8,15-16H,2,4,9-14,17H2,1H3. The van der Waals surface area contributed by atoms with Crippen LogP contribution in [0, 0.1) is 0 Å². The number of rotatable bonds is 10. The van der Waals surface area contributed by atoms with E-state index in [2.05, 4.69) is 32.6 Å². The normalized spacial score (nSPS) is 15.3. The molecule has 1 fully saturated rings. The molecule has 3 aromatic rings. The van der Waals surface area contributed by atoms with Crippen molar-refractivity contribution in [3.8, 4) is 0 Å². The molecule has 0 unspecified atom stereocenters. The van der Waals surface area contributed by atoms with Gasteiger partial charge in [0.05, 0.1) is 29.1 Å². The van der Waals surface area contributed by atoms with Crippen LogP contribution in [0.15, 0.2) is 57.0 Å². The number of morpholine rings is 1. The van der Waals surface area contributed by atoms with E-state index >= 15 is 0 Å². The highest BCUT2D eigenvalue weighted by molar-refractivity contribution is 9.10. The Morgan fingerprint density at radius 3 is 2.76 bits per heavy atom. The van der Waals surface area contributed by atoms with Crippen molar-refractivity contribution in [1.82, 2.24) is 13.9 Å². The Labute approximate surface area is 207 Å². The summed E-state index contributed by atoms with van der Waals surface area (Å²) in [6.45, 7) is 5.71. The molecular formula is C23H28BrN3O4S2. The number of sulfonamides is 1. The van der Waals surface area contributed by atoms with Crippen molar-refractivity contribution in [2.75, 3.05) is 39.5 Å². The fourth-order valence-electron chi connectivity index (χ4n) is 3.75. The molecular weight excluding hydrogens is 526 g/mol. The van der Waals surface area contributed by atoms with E-state index in [-0.39, 0.29) is 4.90 Å². The van der Waals surface area contributed by atoms with Crippen LogP contribution in [0.3, 0.4) is 0 Å². The van der Waals surface area contributed by atoms with Crippen LogP contribution in [0.2, 0.25) is 0 Å². The van der Waals surface area contributed by atoms with Gasteiger partial charge in [-0.2, -0.15) is 4.31 Å². The Kier molecular flexibility index (Phi) is 8.48. The van der Waals surface area contributed by atoms with Crippen LogP contribution in [0.5, 0.6) is 0 Å². The number of aryl methyl sites for hydroxylation is 1. The third kappa shape index (κ3) is 5.98. The third-order valence-corrected chi connectivity index (χ3v) is 8.86. The zero-order valence-electron chi connectivity index (χ0n) is 18.6. The predicted molar refractivity (Wildman–Crippen MR) is 134 cm³/mol. The molecule has 0 spiro atoms. The molecule has 0 amide bonds. The highest BCUT2D eigenvalue weighted by atomic mass is 79.9. The molecule has 10 heteroatoms. The van der Waals surface area contributed by atoms with Gasteiger partial charge in [-0.1, -0.05) is 39.8 Å². The second-order valence-electron chi connectivity index (χ2n) is 7.68. The van der Waals surface area contributed by atoms with Gasteiger partial charge in [0.2, 0.25) is 10.0 Å². The number of benzene rings is 2. The second-order valence-corrected chi connectivity index (χ2v) is 11.5. The lowest BCUT2D eigenvalue weighted by Gasteiger charge is -2.26. The fraction of sp³-hybridized carbons (Fsp3) is 0.435. The van der Waals surface area contributed by atoms with Crippen LogP contribution < -0.4 is 0 Å². The van der Waals surface area contributed by atoms with Gasteiger partial charge in [-0.3, -0.25) is 0 Å².